The van der Waals surface area contributed by atoms with Crippen molar-refractivity contribution in [1.82, 2.24) is 14.8 Å². The van der Waals surface area contributed by atoms with Crippen LogP contribution in [-0.2, 0) is 6.54 Å². The third kappa shape index (κ3) is 4.14. The van der Waals surface area contributed by atoms with Gasteiger partial charge in [-0.15, -0.1) is 10.2 Å². The topological polar surface area (TPSA) is 47.8 Å². The minimum absolute atomic E-state index is 0.0584. The van der Waals surface area contributed by atoms with Crippen LogP contribution in [-0.4, -0.2) is 25.8 Å². The maximum atomic E-state index is 13.0. The Labute approximate surface area is 150 Å². The molecule has 0 saturated heterocycles. The summed E-state index contributed by atoms with van der Waals surface area (Å²) in [5, 5.41) is 8.70. The fourth-order valence-electron chi connectivity index (χ4n) is 2.46. The van der Waals surface area contributed by atoms with E-state index in [1.54, 1.807) is 0 Å². The summed E-state index contributed by atoms with van der Waals surface area (Å²) in [7, 11) is 0. The van der Waals surface area contributed by atoms with E-state index in [-0.39, 0.29) is 16.9 Å². The molecule has 0 fully saturated rings. The largest absolute Gasteiger partial charge is 0.302 e. The number of nitrogens with zero attached hydrogens (tertiary/aromatic N) is 3. The number of halogens is 1. The number of ketones is 1. The van der Waals surface area contributed by atoms with Crippen LogP contribution in [0.5, 0.6) is 0 Å². The van der Waals surface area contributed by atoms with Gasteiger partial charge >= 0.3 is 0 Å². The molecule has 25 heavy (non-hydrogen) atoms. The van der Waals surface area contributed by atoms with E-state index in [0.717, 1.165) is 11.4 Å². The first-order valence-electron chi connectivity index (χ1n) is 7.95. The summed E-state index contributed by atoms with van der Waals surface area (Å²) in [6, 6.07) is 15.7. The van der Waals surface area contributed by atoms with E-state index in [1.165, 1.54) is 36.0 Å². The number of carbonyl (C=O) groups excluding carboxylic acids is 1. The molecule has 128 valence electrons. The Kier molecular flexibility index (Phi) is 5.28. The summed E-state index contributed by atoms with van der Waals surface area (Å²) in [4.78, 5) is 12.5. The Hall–Kier alpha value is -2.47. The fraction of sp³-hybridized carbons (Fsp3) is 0.211. The molecule has 0 N–H and O–H groups in total. The molecule has 0 amide bonds. The Balaban J connectivity index is 1.76. The second-order valence-corrected chi connectivity index (χ2v) is 7.04. The Bertz CT molecular complexity index is 862. The lowest BCUT2D eigenvalue weighted by molar-refractivity contribution is 0.0994. The smallest absolute Gasteiger partial charge is 0.192 e. The summed E-state index contributed by atoms with van der Waals surface area (Å²) >= 11 is 1.36. The van der Waals surface area contributed by atoms with Gasteiger partial charge in [-0.25, -0.2) is 4.39 Å². The summed E-state index contributed by atoms with van der Waals surface area (Å²) in [5.41, 5.74) is 1.64. The number of hydrogen-bond acceptors (Lipinski definition) is 4. The molecule has 0 spiro atoms. The van der Waals surface area contributed by atoms with Crippen LogP contribution in [0.1, 0.15) is 28.7 Å². The molecule has 3 rings (SSSR count). The highest BCUT2D eigenvalue weighted by molar-refractivity contribution is 8.00. The maximum Gasteiger partial charge on any atom is 0.192 e. The zero-order valence-corrected chi connectivity index (χ0v) is 14.8. The molecular formula is C19H18FN3OS. The molecule has 0 aliphatic carbocycles. The summed E-state index contributed by atoms with van der Waals surface area (Å²) in [6.45, 7) is 4.37. The van der Waals surface area contributed by atoms with Gasteiger partial charge in [0.2, 0.25) is 0 Å². The van der Waals surface area contributed by atoms with Gasteiger partial charge in [0.1, 0.15) is 11.6 Å². The van der Waals surface area contributed by atoms with Crippen LogP contribution in [0.15, 0.2) is 59.8 Å². The number of rotatable bonds is 6. The normalized spacial score (nSPS) is 12.1. The van der Waals surface area contributed by atoms with Crippen LogP contribution >= 0.6 is 11.8 Å². The minimum Gasteiger partial charge on any atom is -0.302 e. The van der Waals surface area contributed by atoms with Crippen molar-refractivity contribution in [1.29, 1.82) is 0 Å². The van der Waals surface area contributed by atoms with Crippen LogP contribution < -0.4 is 0 Å². The lowest BCUT2D eigenvalue weighted by atomic mass is 10.1. The number of Topliss-reactive ketones (excluding diaryl/α,β-unsaturated/α-hetero) is 1. The highest BCUT2D eigenvalue weighted by atomic mass is 32.2. The Morgan fingerprint density at radius 3 is 2.48 bits per heavy atom. The molecule has 1 atom stereocenters. The third-order valence-electron chi connectivity index (χ3n) is 3.87. The lowest BCUT2D eigenvalue weighted by Crippen LogP contribution is -2.15. The molecule has 4 nitrogen and oxygen atoms in total. The Morgan fingerprint density at radius 1 is 1.12 bits per heavy atom. The SMILES string of the molecule is Cc1nnc(S[C@@H](C)C(=O)c2ccc(F)cc2)n1Cc1ccccc1. The van der Waals surface area contributed by atoms with Crippen molar-refractivity contribution < 1.29 is 9.18 Å². The molecule has 0 radical (unpaired) electrons. The van der Waals surface area contributed by atoms with Gasteiger partial charge in [-0.1, -0.05) is 42.1 Å². The first kappa shape index (κ1) is 17.4. The molecule has 0 aliphatic rings. The highest BCUT2D eigenvalue weighted by Crippen LogP contribution is 2.25. The standard InChI is InChI=1S/C19H18FN3OS/c1-13(18(24)16-8-10-17(20)11-9-16)25-19-22-21-14(2)23(19)12-15-6-4-3-5-7-15/h3-11,13H,12H2,1-2H3/t13-/m0/s1. The van der Waals surface area contributed by atoms with Crippen LogP contribution in [0.25, 0.3) is 0 Å². The van der Waals surface area contributed by atoms with Crippen molar-refractivity contribution in [3.8, 4) is 0 Å². The van der Waals surface area contributed by atoms with Gasteiger partial charge in [-0.2, -0.15) is 0 Å². The number of thioether (sulfide) groups is 1. The molecule has 0 unspecified atom stereocenters. The van der Waals surface area contributed by atoms with Gasteiger partial charge in [-0.05, 0) is 43.7 Å². The summed E-state index contributed by atoms with van der Waals surface area (Å²) in [5.74, 6) is 0.389. The van der Waals surface area contributed by atoms with Gasteiger partial charge in [0.15, 0.2) is 10.9 Å². The number of aromatic nitrogens is 3. The minimum atomic E-state index is -0.352. The van der Waals surface area contributed by atoms with Crippen LogP contribution in [0, 0.1) is 12.7 Å². The van der Waals surface area contributed by atoms with Crippen LogP contribution in [0.3, 0.4) is 0 Å². The molecule has 0 saturated carbocycles. The second-order valence-electron chi connectivity index (χ2n) is 5.73. The zero-order valence-electron chi connectivity index (χ0n) is 14.0. The van der Waals surface area contributed by atoms with E-state index < -0.39 is 0 Å². The van der Waals surface area contributed by atoms with Gasteiger partial charge in [0.05, 0.1) is 11.8 Å². The van der Waals surface area contributed by atoms with E-state index in [0.29, 0.717) is 17.3 Å². The van der Waals surface area contributed by atoms with Gasteiger partial charge in [0.25, 0.3) is 0 Å². The first-order chi connectivity index (χ1) is 12.0. The van der Waals surface area contributed by atoms with Crippen molar-refractivity contribution >= 4 is 17.5 Å². The van der Waals surface area contributed by atoms with E-state index in [1.807, 2.05) is 48.7 Å². The predicted molar refractivity (Wildman–Crippen MR) is 96.4 cm³/mol. The monoisotopic (exact) mass is 355 g/mol. The number of aryl methyl sites for hydroxylation is 1. The van der Waals surface area contributed by atoms with Gasteiger partial charge in [-0.3, -0.25) is 4.79 Å². The molecule has 2 aromatic carbocycles. The highest BCUT2D eigenvalue weighted by Gasteiger charge is 2.20. The van der Waals surface area contributed by atoms with Crippen LogP contribution in [0.4, 0.5) is 4.39 Å². The zero-order chi connectivity index (χ0) is 17.8. The molecule has 0 aliphatic heterocycles. The average Bonchev–Trinajstić information content (AvgIpc) is 2.96. The molecule has 1 aromatic heterocycles. The van der Waals surface area contributed by atoms with E-state index >= 15 is 0 Å². The van der Waals surface area contributed by atoms with Crippen molar-refractivity contribution in [2.75, 3.05) is 0 Å². The van der Waals surface area contributed by atoms with Gasteiger partial charge in [0, 0.05) is 5.56 Å². The molecule has 3 aromatic rings. The van der Waals surface area contributed by atoms with Crippen molar-refractivity contribution in [3.63, 3.8) is 0 Å². The van der Waals surface area contributed by atoms with E-state index in [2.05, 4.69) is 10.2 Å². The quantitative estimate of drug-likeness (QED) is 0.493. The van der Waals surface area contributed by atoms with Crippen molar-refractivity contribution in [3.05, 3.63) is 77.4 Å². The molecule has 0 bridgehead atoms. The Morgan fingerprint density at radius 2 is 1.80 bits per heavy atom. The number of hydrogen-bond donors (Lipinski definition) is 0. The third-order valence-corrected chi connectivity index (χ3v) is 4.95. The fourth-order valence-corrected chi connectivity index (χ4v) is 3.43. The van der Waals surface area contributed by atoms with Crippen LogP contribution in [0.2, 0.25) is 0 Å². The molecular weight excluding hydrogens is 337 g/mol. The summed E-state index contributed by atoms with van der Waals surface area (Å²) < 4.78 is 15.0. The summed E-state index contributed by atoms with van der Waals surface area (Å²) in [6.07, 6.45) is 0. The second kappa shape index (κ2) is 7.61. The number of benzene rings is 2. The number of carbonyl (C=O) groups is 1. The first-order valence-corrected chi connectivity index (χ1v) is 8.82. The average molecular weight is 355 g/mol. The van der Waals surface area contributed by atoms with E-state index in [4.69, 9.17) is 0 Å². The van der Waals surface area contributed by atoms with Gasteiger partial charge < -0.3 is 4.57 Å². The van der Waals surface area contributed by atoms with E-state index in [9.17, 15) is 9.18 Å². The predicted octanol–water partition coefficient (Wildman–Crippen LogP) is 4.14. The van der Waals surface area contributed by atoms with Crippen molar-refractivity contribution in [2.45, 2.75) is 30.8 Å². The van der Waals surface area contributed by atoms with Crippen molar-refractivity contribution in [2.24, 2.45) is 0 Å². The maximum absolute atomic E-state index is 13.0. The lowest BCUT2D eigenvalue weighted by Gasteiger charge is -2.12. The molecule has 1 heterocycles. The molecule has 6 heteroatoms.